The molecule has 1 fully saturated rings. The summed E-state index contributed by atoms with van der Waals surface area (Å²) in [6.07, 6.45) is 6.19. The molecule has 7 heteroatoms. The second-order valence-electron chi connectivity index (χ2n) is 4.33. The predicted octanol–water partition coefficient (Wildman–Crippen LogP) is -0.883. The van der Waals surface area contributed by atoms with Crippen molar-refractivity contribution in [2.24, 2.45) is 10.7 Å². The van der Waals surface area contributed by atoms with E-state index in [1.807, 2.05) is 0 Å². The maximum atomic E-state index is 11.6. The number of nitrogens with two attached hydrogens (primary N) is 1. The van der Waals surface area contributed by atoms with E-state index in [1.54, 1.807) is 6.21 Å². The fourth-order valence-corrected chi connectivity index (χ4v) is 1.94. The minimum atomic E-state index is -0.527. The van der Waals surface area contributed by atoms with Crippen LogP contribution in [0.3, 0.4) is 0 Å². The van der Waals surface area contributed by atoms with Crippen molar-refractivity contribution in [3.05, 3.63) is 39.3 Å². The van der Waals surface area contributed by atoms with Gasteiger partial charge in [-0.1, -0.05) is 0 Å². The van der Waals surface area contributed by atoms with Gasteiger partial charge in [0.25, 0.3) is 5.56 Å². The van der Waals surface area contributed by atoms with E-state index < -0.39 is 11.2 Å². The lowest BCUT2D eigenvalue weighted by Gasteiger charge is -2.18. The van der Waals surface area contributed by atoms with Crippen LogP contribution < -0.4 is 22.3 Å². The van der Waals surface area contributed by atoms with Gasteiger partial charge in [-0.05, 0) is 25.9 Å². The summed E-state index contributed by atoms with van der Waals surface area (Å²) in [5.41, 5.74) is 4.99. The highest BCUT2D eigenvalue weighted by molar-refractivity contribution is 6.01. The van der Waals surface area contributed by atoms with Gasteiger partial charge in [-0.15, -0.1) is 0 Å². The quantitative estimate of drug-likeness (QED) is 0.615. The Morgan fingerprint density at radius 2 is 2.16 bits per heavy atom. The van der Waals surface area contributed by atoms with Crippen molar-refractivity contribution in [1.82, 2.24) is 14.9 Å². The average Bonchev–Trinajstić information content (AvgIpc) is 2.42. The van der Waals surface area contributed by atoms with Crippen molar-refractivity contribution in [2.75, 3.05) is 13.1 Å². The van der Waals surface area contributed by atoms with Gasteiger partial charge in [0.1, 0.15) is 0 Å². The Hall–Kier alpha value is -2.15. The molecular weight excluding hydrogens is 246 g/mol. The number of aliphatic imine (C=N–C) groups is 1. The second-order valence-corrected chi connectivity index (χ2v) is 4.33. The first-order valence-corrected chi connectivity index (χ1v) is 6.19. The molecule has 0 aromatic carbocycles. The number of hydrogen-bond acceptors (Lipinski definition) is 5. The molecule has 102 valence electrons. The Morgan fingerprint density at radius 1 is 1.42 bits per heavy atom. The van der Waals surface area contributed by atoms with Gasteiger partial charge >= 0.3 is 5.69 Å². The molecule has 1 aromatic heterocycles. The average molecular weight is 263 g/mol. The minimum absolute atomic E-state index is 0.245. The summed E-state index contributed by atoms with van der Waals surface area (Å²) >= 11 is 0. The molecule has 2 rings (SSSR count). The molecule has 0 spiro atoms. The number of hydrogen-bond donors (Lipinski definition) is 3. The molecule has 0 atom stereocenters. The number of nitrogens with zero attached hydrogens (tertiary/aromatic N) is 2. The molecule has 19 heavy (non-hydrogen) atoms. The lowest BCUT2D eigenvalue weighted by atomic mass is 10.1. The Morgan fingerprint density at radius 3 is 2.79 bits per heavy atom. The van der Waals surface area contributed by atoms with Crippen LogP contribution in [-0.2, 0) is 0 Å². The van der Waals surface area contributed by atoms with E-state index in [9.17, 15) is 9.59 Å². The van der Waals surface area contributed by atoms with Crippen LogP contribution >= 0.6 is 0 Å². The third kappa shape index (κ3) is 3.41. The zero-order valence-electron chi connectivity index (χ0n) is 10.5. The summed E-state index contributed by atoms with van der Waals surface area (Å²) < 4.78 is 1.26. The molecule has 1 saturated heterocycles. The topological polar surface area (TPSA) is 105 Å². The molecule has 0 bridgehead atoms. The van der Waals surface area contributed by atoms with E-state index in [4.69, 9.17) is 5.73 Å². The predicted molar refractivity (Wildman–Crippen MR) is 74.2 cm³/mol. The fraction of sp³-hybridized carbons (Fsp3) is 0.417. The van der Waals surface area contributed by atoms with Gasteiger partial charge in [0, 0.05) is 24.7 Å². The molecule has 0 aliphatic carbocycles. The van der Waals surface area contributed by atoms with Crippen LogP contribution in [0.4, 0.5) is 0 Å². The highest BCUT2D eigenvalue weighted by Crippen LogP contribution is 2.07. The van der Waals surface area contributed by atoms with Crippen molar-refractivity contribution < 1.29 is 0 Å². The maximum absolute atomic E-state index is 11.6. The first-order chi connectivity index (χ1) is 9.20. The first kappa shape index (κ1) is 13.3. The van der Waals surface area contributed by atoms with Gasteiger partial charge in [-0.25, -0.2) is 4.79 Å². The second kappa shape index (κ2) is 6.14. The van der Waals surface area contributed by atoms with Crippen molar-refractivity contribution >= 4 is 11.9 Å². The molecule has 4 N–H and O–H groups in total. The molecule has 1 aliphatic rings. The van der Waals surface area contributed by atoms with Crippen LogP contribution in [0.1, 0.15) is 12.8 Å². The molecule has 0 unspecified atom stereocenters. The van der Waals surface area contributed by atoms with E-state index in [-0.39, 0.29) is 6.04 Å². The van der Waals surface area contributed by atoms with Crippen LogP contribution in [0.2, 0.25) is 0 Å². The number of rotatable bonds is 3. The zero-order chi connectivity index (χ0) is 13.7. The Bertz CT molecular complexity index is 593. The van der Waals surface area contributed by atoms with E-state index in [2.05, 4.69) is 15.3 Å². The Kier molecular flexibility index (Phi) is 4.30. The highest BCUT2D eigenvalue weighted by Gasteiger charge is 2.10. The molecule has 1 aliphatic heterocycles. The van der Waals surface area contributed by atoms with Crippen LogP contribution in [0.25, 0.3) is 5.70 Å². The summed E-state index contributed by atoms with van der Waals surface area (Å²) in [4.78, 5) is 29.2. The monoisotopic (exact) mass is 263 g/mol. The van der Waals surface area contributed by atoms with Crippen LogP contribution in [0.15, 0.2) is 33.0 Å². The molecule has 0 saturated carbocycles. The fourth-order valence-electron chi connectivity index (χ4n) is 1.94. The number of aromatic amines is 1. The highest BCUT2D eigenvalue weighted by atomic mass is 16.2. The Balaban J connectivity index is 2.18. The van der Waals surface area contributed by atoms with Gasteiger partial charge in [-0.3, -0.25) is 19.3 Å². The van der Waals surface area contributed by atoms with E-state index in [0.717, 1.165) is 25.9 Å². The van der Waals surface area contributed by atoms with Crippen molar-refractivity contribution in [3.63, 3.8) is 0 Å². The largest absolute Gasteiger partial charge is 0.403 e. The summed E-state index contributed by atoms with van der Waals surface area (Å²) in [7, 11) is 0. The first-order valence-electron chi connectivity index (χ1n) is 6.19. The zero-order valence-corrected chi connectivity index (χ0v) is 10.5. The SMILES string of the molecule is N/C=C(\C=NC1CCNCC1)n1ccc(=O)[nH]c1=O. The number of allylic oxidation sites excluding steroid dienone is 1. The molecule has 0 radical (unpaired) electrons. The molecule has 1 aromatic rings. The van der Waals surface area contributed by atoms with Gasteiger partial charge in [0.05, 0.1) is 11.7 Å². The lowest BCUT2D eigenvalue weighted by molar-refractivity contribution is 0.461. The summed E-state index contributed by atoms with van der Waals surface area (Å²) in [6.45, 7) is 1.89. The molecule has 7 nitrogen and oxygen atoms in total. The summed E-state index contributed by atoms with van der Waals surface area (Å²) in [5, 5.41) is 3.26. The van der Waals surface area contributed by atoms with E-state index in [0.29, 0.717) is 5.70 Å². The van der Waals surface area contributed by atoms with Crippen LogP contribution in [0.5, 0.6) is 0 Å². The van der Waals surface area contributed by atoms with E-state index in [1.165, 1.54) is 23.0 Å². The third-order valence-electron chi connectivity index (χ3n) is 3.00. The van der Waals surface area contributed by atoms with Gasteiger partial charge < -0.3 is 11.1 Å². The standard InChI is InChI=1S/C12H17N5O2/c13-7-10(8-15-9-1-4-14-5-2-9)17-6-3-11(18)16-12(17)19/h3,6-9,14H,1-2,4-5,13H2,(H,16,18,19)/b10-7+,15-8?. The van der Waals surface area contributed by atoms with Gasteiger partial charge in [0.15, 0.2) is 0 Å². The Labute approximate surface area is 109 Å². The molecule has 2 heterocycles. The third-order valence-corrected chi connectivity index (χ3v) is 3.00. The van der Waals surface area contributed by atoms with Crippen LogP contribution in [-0.4, -0.2) is 34.9 Å². The molecular formula is C12H17N5O2. The summed E-state index contributed by atoms with van der Waals surface area (Å²) in [6, 6.07) is 1.51. The van der Waals surface area contributed by atoms with E-state index >= 15 is 0 Å². The van der Waals surface area contributed by atoms with Gasteiger partial charge in [0.2, 0.25) is 0 Å². The van der Waals surface area contributed by atoms with Crippen molar-refractivity contribution in [2.45, 2.75) is 18.9 Å². The number of H-pyrrole nitrogens is 1. The normalized spacial score (nSPS) is 18.0. The number of aromatic nitrogens is 2. The lowest BCUT2D eigenvalue weighted by Crippen LogP contribution is -2.31. The number of nitrogens with one attached hydrogen (secondary N) is 2. The molecule has 0 amide bonds. The van der Waals surface area contributed by atoms with Crippen molar-refractivity contribution in [1.29, 1.82) is 0 Å². The minimum Gasteiger partial charge on any atom is -0.403 e. The van der Waals surface area contributed by atoms with Crippen molar-refractivity contribution in [3.8, 4) is 0 Å². The van der Waals surface area contributed by atoms with Crippen LogP contribution in [0, 0.1) is 0 Å². The smallest absolute Gasteiger partial charge is 0.333 e. The summed E-state index contributed by atoms with van der Waals surface area (Å²) in [5.74, 6) is 0. The maximum Gasteiger partial charge on any atom is 0.333 e. The van der Waals surface area contributed by atoms with Gasteiger partial charge in [-0.2, -0.15) is 0 Å². The number of piperidine rings is 1.